The van der Waals surface area contributed by atoms with Crippen LogP contribution in [-0.2, 0) is 6.42 Å². The van der Waals surface area contributed by atoms with Gasteiger partial charge in [0.2, 0.25) is 0 Å². The molecule has 1 heteroatoms. The van der Waals surface area contributed by atoms with Crippen molar-refractivity contribution >= 4 is 10.8 Å². The summed E-state index contributed by atoms with van der Waals surface area (Å²) in [5.74, 6) is 0. The minimum absolute atomic E-state index is 0.835. The smallest absolute Gasteiger partial charge is 0.0236 e. The number of rotatable bonds is 2. The van der Waals surface area contributed by atoms with E-state index in [0.29, 0.717) is 0 Å². The summed E-state index contributed by atoms with van der Waals surface area (Å²) in [6.45, 7) is 1.70. The Balaban J connectivity index is 2.61. The molecular weight excluding hydrogens is 158 g/mol. The molecule has 0 unspecified atom stereocenters. The van der Waals surface area contributed by atoms with Gasteiger partial charge in [0.25, 0.3) is 0 Å². The van der Waals surface area contributed by atoms with Gasteiger partial charge < -0.3 is 5.73 Å². The number of nitrogens with two attached hydrogens (primary N) is 1. The van der Waals surface area contributed by atoms with E-state index in [9.17, 15) is 0 Å². The third kappa shape index (κ3) is 1.56. The molecule has 0 aromatic heterocycles. The van der Waals surface area contributed by atoms with E-state index in [1.54, 1.807) is 6.54 Å². The van der Waals surface area contributed by atoms with Crippen molar-refractivity contribution in [3.8, 4) is 0 Å². The zero-order valence-corrected chi connectivity index (χ0v) is 7.40. The van der Waals surface area contributed by atoms with E-state index in [0.717, 1.165) is 6.42 Å². The second-order valence-electron chi connectivity index (χ2n) is 3.08. The van der Waals surface area contributed by atoms with E-state index in [1.165, 1.54) is 16.3 Å². The molecule has 0 atom stereocenters. The lowest BCUT2D eigenvalue weighted by molar-refractivity contribution is 1.12. The van der Waals surface area contributed by atoms with Gasteiger partial charge >= 0.3 is 0 Å². The van der Waals surface area contributed by atoms with Crippen LogP contribution in [0.1, 0.15) is 5.56 Å². The van der Waals surface area contributed by atoms with Crippen LogP contribution in [0.2, 0.25) is 0 Å². The second-order valence-corrected chi connectivity index (χ2v) is 3.08. The first-order valence-electron chi connectivity index (χ1n) is 4.42. The quantitative estimate of drug-likeness (QED) is 0.736. The number of hydrogen-bond donors (Lipinski definition) is 1. The van der Waals surface area contributed by atoms with Crippen LogP contribution in [-0.4, -0.2) is 0 Å². The fraction of sp³-hybridized carbons (Fsp3) is 0.0833. The van der Waals surface area contributed by atoms with Crippen molar-refractivity contribution in [2.75, 3.05) is 0 Å². The average molecular weight is 170 g/mol. The van der Waals surface area contributed by atoms with Gasteiger partial charge in [0.1, 0.15) is 0 Å². The van der Waals surface area contributed by atoms with Gasteiger partial charge in [-0.15, -0.1) is 0 Å². The average Bonchev–Trinajstić information content (AvgIpc) is 2.19. The van der Waals surface area contributed by atoms with Crippen molar-refractivity contribution in [2.45, 2.75) is 6.42 Å². The predicted octanol–water partition coefficient (Wildman–Crippen LogP) is 2.50. The highest BCUT2D eigenvalue weighted by molar-refractivity contribution is 5.85. The van der Waals surface area contributed by atoms with Crippen molar-refractivity contribution in [2.24, 2.45) is 5.73 Å². The fourth-order valence-electron chi connectivity index (χ4n) is 1.60. The van der Waals surface area contributed by atoms with Gasteiger partial charge in [0.15, 0.2) is 0 Å². The van der Waals surface area contributed by atoms with Gasteiger partial charge in [-0.1, -0.05) is 42.5 Å². The van der Waals surface area contributed by atoms with Gasteiger partial charge in [-0.2, -0.15) is 0 Å². The van der Waals surface area contributed by atoms with Crippen LogP contribution >= 0.6 is 0 Å². The Bertz CT molecular complexity index is 401. The number of hydrogen-bond acceptors (Lipinski definition) is 1. The van der Waals surface area contributed by atoms with Crippen LogP contribution in [0, 0.1) is 6.54 Å². The SMILES string of the molecule is N[CH]Cc1cccc2ccccc12. The van der Waals surface area contributed by atoms with E-state index in [-0.39, 0.29) is 0 Å². The van der Waals surface area contributed by atoms with E-state index < -0.39 is 0 Å². The Morgan fingerprint density at radius 3 is 2.62 bits per heavy atom. The van der Waals surface area contributed by atoms with E-state index in [1.807, 2.05) is 0 Å². The molecule has 0 amide bonds. The fourth-order valence-corrected chi connectivity index (χ4v) is 1.60. The molecular formula is C12H12N. The molecule has 0 saturated heterocycles. The molecule has 0 aliphatic carbocycles. The lowest BCUT2D eigenvalue weighted by atomic mass is 10.0. The van der Waals surface area contributed by atoms with Gasteiger partial charge in [-0.3, -0.25) is 0 Å². The van der Waals surface area contributed by atoms with Crippen LogP contribution in [0.5, 0.6) is 0 Å². The van der Waals surface area contributed by atoms with Crippen LogP contribution in [0.3, 0.4) is 0 Å². The van der Waals surface area contributed by atoms with Crippen LogP contribution < -0.4 is 5.73 Å². The zero-order chi connectivity index (χ0) is 9.10. The lowest BCUT2D eigenvalue weighted by Gasteiger charge is -2.03. The van der Waals surface area contributed by atoms with E-state index in [2.05, 4.69) is 42.5 Å². The highest BCUT2D eigenvalue weighted by Gasteiger charge is 1.97. The Labute approximate surface area is 78.2 Å². The van der Waals surface area contributed by atoms with Crippen molar-refractivity contribution in [1.82, 2.24) is 0 Å². The summed E-state index contributed by atoms with van der Waals surface area (Å²) in [4.78, 5) is 0. The highest BCUT2D eigenvalue weighted by Crippen LogP contribution is 2.18. The van der Waals surface area contributed by atoms with Gasteiger partial charge in [0, 0.05) is 6.54 Å². The maximum Gasteiger partial charge on any atom is 0.0236 e. The van der Waals surface area contributed by atoms with Crippen molar-refractivity contribution < 1.29 is 0 Å². The molecule has 2 rings (SSSR count). The molecule has 2 aromatic rings. The third-order valence-corrected chi connectivity index (χ3v) is 2.22. The minimum Gasteiger partial charge on any atom is -0.326 e. The Morgan fingerprint density at radius 2 is 1.77 bits per heavy atom. The Hall–Kier alpha value is -1.34. The molecule has 0 heterocycles. The predicted molar refractivity (Wildman–Crippen MR) is 56.1 cm³/mol. The molecule has 0 saturated carbocycles. The molecule has 65 valence electrons. The molecule has 0 aliphatic heterocycles. The summed E-state index contributed by atoms with van der Waals surface area (Å²) in [5, 5.41) is 2.58. The lowest BCUT2D eigenvalue weighted by Crippen LogP contribution is -1.95. The monoisotopic (exact) mass is 170 g/mol. The molecule has 1 nitrogen and oxygen atoms in total. The Kier molecular flexibility index (Phi) is 2.28. The maximum atomic E-state index is 5.43. The van der Waals surface area contributed by atoms with Crippen molar-refractivity contribution in [1.29, 1.82) is 0 Å². The summed E-state index contributed by atoms with van der Waals surface area (Å²) in [7, 11) is 0. The molecule has 0 bridgehead atoms. The van der Waals surface area contributed by atoms with Gasteiger partial charge in [-0.05, 0) is 22.8 Å². The molecule has 2 aromatic carbocycles. The largest absolute Gasteiger partial charge is 0.326 e. The van der Waals surface area contributed by atoms with Crippen LogP contribution in [0.25, 0.3) is 10.8 Å². The van der Waals surface area contributed by atoms with Gasteiger partial charge in [-0.25, -0.2) is 0 Å². The van der Waals surface area contributed by atoms with Crippen molar-refractivity contribution in [3.05, 3.63) is 54.6 Å². The first-order chi connectivity index (χ1) is 6.42. The molecule has 13 heavy (non-hydrogen) atoms. The summed E-state index contributed by atoms with van der Waals surface area (Å²) >= 11 is 0. The first kappa shape index (κ1) is 8.27. The summed E-state index contributed by atoms with van der Waals surface area (Å²) < 4.78 is 0. The second kappa shape index (κ2) is 3.58. The summed E-state index contributed by atoms with van der Waals surface area (Å²) in [6.07, 6.45) is 0.835. The Morgan fingerprint density at radius 1 is 1.00 bits per heavy atom. The standard InChI is InChI=1S/C12H12N/c13-9-8-11-6-3-5-10-4-1-2-7-12(10)11/h1-7,9H,8,13H2. The first-order valence-corrected chi connectivity index (χ1v) is 4.42. The van der Waals surface area contributed by atoms with E-state index >= 15 is 0 Å². The normalized spacial score (nSPS) is 10.5. The minimum atomic E-state index is 0.835. The maximum absolute atomic E-state index is 5.43. The van der Waals surface area contributed by atoms with Crippen LogP contribution in [0.4, 0.5) is 0 Å². The van der Waals surface area contributed by atoms with Crippen molar-refractivity contribution in [3.63, 3.8) is 0 Å². The third-order valence-electron chi connectivity index (χ3n) is 2.22. The molecule has 0 spiro atoms. The van der Waals surface area contributed by atoms with E-state index in [4.69, 9.17) is 5.73 Å². The molecule has 2 N–H and O–H groups in total. The molecule has 1 radical (unpaired) electrons. The van der Waals surface area contributed by atoms with Gasteiger partial charge in [0.05, 0.1) is 0 Å². The molecule has 0 fully saturated rings. The number of fused-ring (bicyclic) bond motifs is 1. The topological polar surface area (TPSA) is 26.0 Å². The number of benzene rings is 2. The summed E-state index contributed by atoms with van der Waals surface area (Å²) in [5.41, 5.74) is 6.72. The highest BCUT2D eigenvalue weighted by atomic mass is 14.5. The zero-order valence-electron chi connectivity index (χ0n) is 7.40. The summed E-state index contributed by atoms with van der Waals surface area (Å²) in [6, 6.07) is 14.7. The van der Waals surface area contributed by atoms with Crippen LogP contribution in [0.15, 0.2) is 42.5 Å². The molecule has 0 aliphatic rings.